The fraction of sp³-hybridized carbons (Fsp3) is 0.308. The number of rotatable bonds is 1. The molecule has 2 aromatic rings. The molecule has 0 fully saturated rings. The predicted molar refractivity (Wildman–Crippen MR) is 70.2 cm³/mol. The van der Waals surface area contributed by atoms with E-state index < -0.39 is 6.09 Å². The third-order valence-corrected chi connectivity index (χ3v) is 3.60. The van der Waals surface area contributed by atoms with Crippen LogP contribution in [-0.4, -0.2) is 42.7 Å². The molecule has 0 spiro atoms. The second-order valence-corrected chi connectivity index (χ2v) is 4.83. The Balaban J connectivity index is 2.03. The highest BCUT2D eigenvalue weighted by atomic mass is 16.4. The molecule has 3 rings (SSSR count). The monoisotopic (exact) mass is 274 g/mol. The SMILES string of the molecule is Cn1nncc1-c1cc(O)c2c(c1)CCN(C(=O)O)C2. The Hall–Kier alpha value is -2.57. The molecule has 1 aliphatic rings. The summed E-state index contributed by atoms with van der Waals surface area (Å²) >= 11 is 0. The number of aromatic nitrogens is 3. The lowest BCUT2D eigenvalue weighted by Gasteiger charge is -2.27. The summed E-state index contributed by atoms with van der Waals surface area (Å²) in [5.74, 6) is 0.115. The molecule has 104 valence electrons. The number of phenols is 1. The highest BCUT2D eigenvalue weighted by Crippen LogP contribution is 2.32. The molecule has 0 aliphatic carbocycles. The highest BCUT2D eigenvalue weighted by molar-refractivity contribution is 5.68. The number of aromatic hydroxyl groups is 1. The van der Waals surface area contributed by atoms with Gasteiger partial charge < -0.3 is 15.1 Å². The first kappa shape index (κ1) is 12.5. The summed E-state index contributed by atoms with van der Waals surface area (Å²) in [6.07, 6.45) is 1.26. The minimum Gasteiger partial charge on any atom is -0.508 e. The Bertz CT molecular complexity index is 680. The molecule has 7 nitrogen and oxygen atoms in total. The standard InChI is InChI=1S/C13H14N4O3/c1-16-11(6-14-15-16)9-4-8-2-3-17(13(19)20)7-10(8)12(18)5-9/h4-6,18H,2-3,7H2,1H3,(H,19,20). The molecule has 0 atom stereocenters. The zero-order valence-electron chi connectivity index (χ0n) is 10.9. The summed E-state index contributed by atoms with van der Waals surface area (Å²) in [5.41, 5.74) is 3.29. The molecule has 7 heteroatoms. The van der Waals surface area contributed by atoms with Gasteiger partial charge in [0.05, 0.1) is 18.4 Å². The fourth-order valence-corrected chi connectivity index (χ4v) is 2.51. The summed E-state index contributed by atoms with van der Waals surface area (Å²) in [5, 5.41) is 26.9. The lowest BCUT2D eigenvalue weighted by Crippen LogP contribution is -2.34. The number of aryl methyl sites for hydroxylation is 1. The largest absolute Gasteiger partial charge is 0.508 e. The van der Waals surface area contributed by atoms with Gasteiger partial charge in [0.15, 0.2) is 0 Å². The van der Waals surface area contributed by atoms with Crippen LogP contribution in [0, 0.1) is 0 Å². The van der Waals surface area contributed by atoms with E-state index in [1.807, 2.05) is 6.07 Å². The van der Waals surface area contributed by atoms with E-state index in [4.69, 9.17) is 5.11 Å². The van der Waals surface area contributed by atoms with E-state index >= 15 is 0 Å². The molecule has 1 aromatic carbocycles. The third-order valence-electron chi connectivity index (χ3n) is 3.60. The van der Waals surface area contributed by atoms with Gasteiger partial charge in [0.2, 0.25) is 0 Å². The summed E-state index contributed by atoms with van der Waals surface area (Å²) < 4.78 is 1.63. The molecule has 0 saturated heterocycles. The van der Waals surface area contributed by atoms with Gasteiger partial charge in [-0.05, 0) is 24.1 Å². The van der Waals surface area contributed by atoms with Crippen molar-refractivity contribution in [2.75, 3.05) is 6.54 Å². The summed E-state index contributed by atoms with van der Waals surface area (Å²) in [4.78, 5) is 12.3. The minimum absolute atomic E-state index is 0.115. The van der Waals surface area contributed by atoms with Crippen molar-refractivity contribution in [2.45, 2.75) is 13.0 Å². The number of hydrogen-bond donors (Lipinski definition) is 2. The van der Waals surface area contributed by atoms with Crippen LogP contribution in [0.15, 0.2) is 18.3 Å². The number of phenolic OH excluding ortho intramolecular Hbond substituents is 1. The van der Waals surface area contributed by atoms with Crippen molar-refractivity contribution in [2.24, 2.45) is 7.05 Å². The predicted octanol–water partition coefficient (Wildman–Crippen LogP) is 1.22. The van der Waals surface area contributed by atoms with Crippen LogP contribution < -0.4 is 0 Å². The molecule has 1 aromatic heterocycles. The topological polar surface area (TPSA) is 91.5 Å². The molecular weight excluding hydrogens is 260 g/mol. The minimum atomic E-state index is -0.963. The maximum Gasteiger partial charge on any atom is 0.407 e. The Morgan fingerprint density at radius 3 is 2.85 bits per heavy atom. The van der Waals surface area contributed by atoms with Gasteiger partial charge in [-0.25, -0.2) is 9.48 Å². The van der Waals surface area contributed by atoms with E-state index in [1.165, 1.54) is 4.90 Å². The summed E-state index contributed by atoms with van der Waals surface area (Å²) in [7, 11) is 1.78. The number of carboxylic acid groups (broad SMARTS) is 1. The summed E-state index contributed by atoms with van der Waals surface area (Å²) in [6, 6.07) is 3.59. The first-order chi connectivity index (χ1) is 9.56. The van der Waals surface area contributed by atoms with Crippen molar-refractivity contribution in [3.63, 3.8) is 0 Å². The lowest BCUT2D eigenvalue weighted by molar-refractivity contribution is 0.139. The zero-order valence-corrected chi connectivity index (χ0v) is 10.9. The van der Waals surface area contributed by atoms with Crippen LogP contribution in [0.5, 0.6) is 5.75 Å². The quantitative estimate of drug-likeness (QED) is 0.816. The van der Waals surface area contributed by atoms with Gasteiger partial charge in [-0.2, -0.15) is 0 Å². The van der Waals surface area contributed by atoms with E-state index in [0.717, 1.165) is 16.8 Å². The van der Waals surface area contributed by atoms with Gasteiger partial charge in [-0.1, -0.05) is 5.21 Å². The second-order valence-electron chi connectivity index (χ2n) is 4.83. The van der Waals surface area contributed by atoms with Gasteiger partial charge >= 0.3 is 6.09 Å². The Morgan fingerprint density at radius 1 is 1.40 bits per heavy atom. The molecule has 0 radical (unpaired) electrons. The molecule has 0 bridgehead atoms. The Morgan fingerprint density at radius 2 is 2.20 bits per heavy atom. The smallest absolute Gasteiger partial charge is 0.407 e. The highest BCUT2D eigenvalue weighted by Gasteiger charge is 2.23. The van der Waals surface area contributed by atoms with Crippen LogP contribution >= 0.6 is 0 Å². The van der Waals surface area contributed by atoms with Crippen LogP contribution in [0.3, 0.4) is 0 Å². The number of nitrogens with zero attached hydrogens (tertiary/aromatic N) is 4. The van der Waals surface area contributed by atoms with Gasteiger partial charge in [0.1, 0.15) is 5.75 Å². The second kappa shape index (κ2) is 4.52. The molecule has 1 amide bonds. The van der Waals surface area contributed by atoms with Gasteiger partial charge in [0, 0.05) is 24.7 Å². The molecular formula is C13H14N4O3. The van der Waals surface area contributed by atoms with E-state index in [0.29, 0.717) is 18.5 Å². The van der Waals surface area contributed by atoms with Crippen LogP contribution in [-0.2, 0) is 20.0 Å². The third kappa shape index (κ3) is 1.97. The molecule has 1 aliphatic heterocycles. The van der Waals surface area contributed by atoms with Crippen molar-refractivity contribution < 1.29 is 15.0 Å². The van der Waals surface area contributed by atoms with E-state index in [9.17, 15) is 9.90 Å². The average Bonchev–Trinajstić information content (AvgIpc) is 2.84. The van der Waals surface area contributed by atoms with Crippen molar-refractivity contribution in [1.29, 1.82) is 0 Å². The van der Waals surface area contributed by atoms with E-state index in [-0.39, 0.29) is 12.3 Å². The molecule has 20 heavy (non-hydrogen) atoms. The van der Waals surface area contributed by atoms with Crippen LogP contribution in [0.1, 0.15) is 11.1 Å². The zero-order chi connectivity index (χ0) is 14.3. The normalized spacial score (nSPS) is 14.2. The number of carbonyl (C=O) groups is 1. The van der Waals surface area contributed by atoms with Gasteiger partial charge in [-0.3, -0.25) is 0 Å². The maximum atomic E-state index is 11.0. The van der Waals surface area contributed by atoms with Crippen molar-refractivity contribution in [3.05, 3.63) is 29.5 Å². The number of amides is 1. The van der Waals surface area contributed by atoms with Gasteiger partial charge in [0.25, 0.3) is 0 Å². The van der Waals surface area contributed by atoms with Crippen molar-refractivity contribution >= 4 is 6.09 Å². The first-order valence-corrected chi connectivity index (χ1v) is 6.24. The van der Waals surface area contributed by atoms with E-state index in [1.54, 1.807) is 24.0 Å². The fourth-order valence-electron chi connectivity index (χ4n) is 2.51. The molecule has 0 unspecified atom stereocenters. The first-order valence-electron chi connectivity index (χ1n) is 6.24. The molecule has 0 saturated carbocycles. The van der Waals surface area contributed by atoms with Crippen LogP contribution in [0.2, 0.25) is 0 Å². The van der Waals surface area contributed by atoms with Crippen molar-refractivity contribution in [3.8, 4) is 17.0 Å². The number of fused-ring (bicyclic) bond motifs is 1. The summed E-state index contributed by atoms with van der Waals surface area (Å²) in [6.45, 7) is 0.662. The van der Waals surface area contributed by atoms with Gasteiger partial charge in [-0.15, -0.1) is 5.10 Å². The average molecular weight is 274 g/mol. The Labute approximate surface area is 115 Å². The van der Waals surface area contributed by atoms with Crippen molar-refractivity contribution in [1.82, 2.24) is 19.9 Å². The Kier molecular flexibility index (Phi) is 2.81. The maximum absolute atomic E-state index is 11.0. The molecule has 2 N–H and O–H groups in total. The number of hydrogen-bond acceptors (Lipinski definition) is 4. The lowest BCUT2D eigenvalue weighted by atomic mass is 9.95. The van der Waals surface area contributed by atoms with Crippen LogP contribution in [0.25, 0.3) is 11.3 Å². The van der Waals surface area contributed by atoms with E-state index in [2.05, 4.69) is 10.3 Å². The van der Waals surface area contributed by atoms with Crippen LogP contribution in [0.4, 0.5) is 4.79 Å². The molecule has 2 heterocycles. The number of benzene rings is 1.